The maximum Gasteiger partial charge on any atom is 0.120 e. The van der Waals surface area contributed by atoms with Gasteiger partial charge in [0.15, 0.2) is 0 Å². The molecule has 0 aliphatic carbocycles. The molecule has 0 aliphatic heterocycles. The number of rotatable bonds is 12. The molecule has 0 atom stereocenters. The molecule has 2 aromatic rings. The van der Waals surface area contributed by atoms with Gasteiger partial charge in [0.1, 0.15) is 19.5 Å². The summed E-state index contributed by atoms with van der Waals surface area (Å²) in [7, 11) is 1.55. The van der Waals surface area contributed by atoms with Gasteiger partial charge in [-0.25, -0.2) is 0 Å². The molecule has 0 aliphatic rings. The number of oxime groups is 1. The van der Waals surface area contributed by atoms with E-state index in [4.69, 9.17) is 9.57 Å². The maximum atomic E-state index is 5.76. The zero-order valence-electron chi connectivity index (χ0n) is 18.2. The van der Waals surface area contributed by atoms with Gasteiger partial charge in [-0.15, -0.1) is 0 Å². The van der Waals surface area contributed by atoms with Crippen molar-refractivity contribution >= 4 is 11.9 Å². The van der Waals surface area contributed by atoms with Gasteiger partial charge in [-0.05, 0) is 74.4 Å². The summed E-state index contributed by atoms with van der Waals surface area (Å²) in [4.78, 5) is 4.71. The van der Waals surface area contributed by atoms with E-state index in [0.717, 1.165) is 30.7 Å². The molecular weight excluding hydrogens is 360 g/mol. The molecule has 0 saturated carbocycles. The van der Waals surface area contributed by atoms with Crippen LogP contribution < -0.4 is 10.1 Å². The second-order valence-electron chi connectivity index (χ2n) is 7.21. The first-order valence-electron chi connectivity index (χ1n) is 10.4. The van der Waals surface area contributed by atoms with E-state index in [1.54, 1.807) is 13.3 Å². The summed E-state index contributed by atoms with van der Waals surface area (Å²) in [6.45, 7) is 7.89. The predicted octanol–water partition coefficient (Wildman–Crippen LogP) is 6.06. The minimum Gasteiger partial charge on any atom is -0.490 e. The topological polar surface area (TPSA) is 42.8 Å². The normalized spacial score (nSPS) is 11.3. The molecule has 0 fully saturated rings. The lowest BCUT2D eigenvalue weighted by molar-refractivity contribution is 0.215. The van der Waals surface area contributed by atoms with Crippen LogP contribution in [0.5, 0.6) is 5.75 Å². The van der Waals surface area contributed by atoms with Crippen molar-refractivity contribution in [3.63, 3.8) is 0 Å². The Hall–Kier alpha value is -2.75. The summed E-state index contributed by atoms with van der Waals surface area (Å²) < 4.78 is 5.76. The third-order valence-electron chi connectivity index (χ3n) is 4.82. The molecule has 1 N–H and O–H groups in total. The molecule has 29 heavy (non-hydrogen) atoms. The number of hydrogen-bond acceptors (Lipinski definition) is 4. The molecule has 156 valence electrons. The van der Waals surface area contributed by atoms with Gasteiger partial charge in [-0.3, -0.25) is 0 Å². The van der Waals surface area contributed by atoms with Crippen LogP contribution in [-0.2, 0) is 11.3 Å². The standard InChI is InChI=1S/C25H34N2O2/c1-5-6-16-29-24-17-20(2)25(21(3)18-24)26-15-9-7-8-10-22-11-13-23(14-12-22)19-27-28-4/h5-6,11-14,17-19,26H,7-10,15-16H2,1-4H3/b6-5+,27-19?. The van der Waals surface area contributed by atoms with Crippen LogP contribution in [0.15, 0.2) is 53.7 Å². The highest BCUT2D eigenvalue weighted by atomic mass is 16.6. The van der Waals surface area contributed by atoms with Gasteiger partial charge in [-0.1, -0.05) is 48.0 Å². The van der Waals surface area contributed by atoms with E-state index in [0.29, 0.717) is 6.61 Å². The number of aryl methyl sites for hydroxylation is 3. The van der Waals surface area contributed by atoms with Crippen LogP contribution in [0.4, 0.5) is 5.69 Å². The van der Waals surface area contributed by atoms with Crippen molar-refractivity contribution < 1.29 is 9.57 Å². The molecule has 4 heteroatoms. The lowest BCUT2D eigenvalue weighted by atomic mass is 10.0. The summed E-state index contributed by atoms with van der Waals surface area (Å²) in [6, 6.07) is 12.7. The Balaban J connectivity index is 1.70. The van der Waals surface area contributed by atoms with Gasteiger partial charge in [-0.2, -0.15) is 0 Å². The van der Waals surface area contributed by atoms with Gasteiger partial charge in [0.25, 0.3) is 0 Å². The van der Waals surface area contributed by atoms with Crippen molar-refractivity contribution in [1.29, 1.82) is 0 Å². The number of ether oxygens (including phenoxy) is 1. The summed E-state index contributed by atoms with van der Waals surface area (Å²) in [6.07, 6.45) is 10.4. The molecule has 2 rings (SSSR count). The van der Waals surface area contributed by atoms with Crippen LogP contribution in [0.2, 0.25) is 0 Å². The fourth-order valence-electron chi connectivity index (χ4n) is 3.25. The summed E-state index contributed by atoms with van der Waals surface area (Å²) in [5.41, 5.74) is 6.13. The highest BCUT2D eigenvalue weighted by Gasteiger charge is 2.05. The third-order valence-corrected chi connectivity index (χ3v) is 4.82. The van der Waals surface area contributed by atoms with Crippen LogP contribution in [-0.4, -0.2) is 26.5 Å². The lowest BCUT2D eigenvalue weighted by Gasteiger charge is -2.15. The van der Waals surface area contributed by atoms with Crippen molar-refractivity contribution in [3.8, 4) is 5.75 Å². The van der Waals surface area contributed by atoms with E-state index in [1.807, 2.05) is 19.1 Å². The van der Waals surface area contributed by atoms with E-state index < -0.39 is 0 Å². The van der Waals surface area contributed by atoms with E-state index in [1.165, 1.54) is 35.2 Å². The molecular formula is C25H34N2O2. The Morgan fingerprint density at radius 2 is 1.72 bits per heavy atom. The Labute approximate surface area is 175 Å². The zero-order valence-corrected chi connectivity index (χ0v) is 18.2. The van der Waals surface area contributed by atoms with Crippen molar-refractivity contribution in [2.75, 3.05) is 25.6 Å². The number of unbranched alkanes of at least 4 members (excludes halogenated alkanes) is 2. The largest absolute Gasteiger partial charge is 0.490 e. The van der Waals surface area contributed by atoms with Gasteiger partial charge in [0, 0.05) is 12.2 Å². The average Bonchev–Trinajstić information content (AvgIpc) is 2.71. The number of hydrogen-bond donors (Lipinski definition) is 1. The Morgan fingerprint density at radius 1 is 1.00 bits per heavy atom. The fraction of sp³-hybridized carbons (Fsp3) is 0.400. The highest BCUT2D eigenvalue weighted by molar-refractivity contribution is 5.79. The summed E-state index contributed by atoms with van der Waals surface area (Å²) in [5, 5.41) is 7.39. The molecule has 0 saturated heterocycles. The van der Waals surface area contributed by atoms with Crippen molar-refractivity contribution in [3.05, 3.63) is 70.8 Å². The SMILES string of the molecule is C/C=C/COc1cc(C)c(NCCCCCc2ccc(C=NOC)cc2)c(C)c1. The van der Waals surface area contributed by atoms with Crippen LogP contribution in [0.3, 0.4) is 0 Å². The minimum atomic E-state index is 0.617. The fourth-order valence-corrected chi connectivity index (χ4v) is 3.25. The number of allylic oxidation sites excluding steroid dienone is 1. The van der Waals surface area contributed by atoms with Crippen LogP contribution >= 0.6 is 0 Å². The van der Waals surface area contributed by atoms with Crippen LogP contribution in [0, 0.1) is 13.8 Å². The van der Waals surface area contributed by atoms with Crippen LogP contribution in [0.25, 0.3) is 0 Å². The highest BCUT2D eigenvalue weighted by Crippen LogP contribution is 2.26. The Morgan fingerprint density at radius 3 is 2.38 bits per heavy atom. The first-order valence-corrected chi connectivity index (χ1v) is 10.4. The molecule has 0 heterocycles. The number of nitrogens with zero attached hydrogens (tertiary/aromatic N) is 1. The molecule has 0 bridgehead atoms. The smallest absolute Gasteiger partial charge is 0.120 e. The lowest BCUT2D eigenvalue weighted by Crippen LogP contribution is -2.05. The summed E-state index contributed by atoms with van der Waals surface area (Å²) in [5.74, 6) is 0.933. The van der Waals surface area contributed by atoms with Crippen molar-refractivity contribution in [2.45, 2.75) is 46.5 Å². The van der Waals surface area contributed by atoms with Crippen LogP contribution in [0.1, 0.15) is 48.4 Å². The van der Waals surface area contributed by atoms with Crippen molar-refractivity contribution in [2.24, 2.45) is 5.16 Å². The van der Waals surface area contributed by atoms with Gasteiger partial charge in [0.2, 0.25) is 0 Å². The minimum absolute atomic E-state index is 0.617. The molecule has 4 nitrogen and oxygen atoms in total. The first-order chi connectivity index (χ1) is 14.1. The Kier molecular flexibility index (Phi) is 9.84. The van der Waals surface area contributed by atoms with Gasteiger partial charge < -0.3 is 14.9 Å². The molecule has 0 amide bonds. The van der Waals surface area contributed by atoms with E-state index in [-0.39, 0.29) is 0 Å². The molecule has 0 radical (unpaired) electrons. The molecule has 0 aromatic heterocycles. The van der Waals surface area contributed by atoms with E-state index >= 15 is 0 Å². The second kappa shape index (κ2) is 12.7. The average molecular weight is 395 g/mol. The van der Waals surface area contributed by atoms with Crippen molar-refractivity contribution in [1.82, 2.24) is 0 Å². The number of benzene rings is 2. The zero-order chi connectivity index (χ0) is 20.9. The molecule has 0 unspecified atom stereocenters. The Bertz CT molecular complexity index is 772. The first kappa shape index (κ1) is 22.5. The number of nitrogens with one attached hydrogen (secondary N) is 1. The quantitative estimate of drug-likeness (QED) is 0.206. The van der Waals surface area contributed by atoms with Gasteiger partial charge >= 0.3 is 0 Å². The molecule has 2 aromatic carbocycles. The maximum absolute atomic E-state index is 5.76. The third kappa shape index (κ3) is 8.02. The molecule has 0 spiro atoms. The summed E-state index contributed by atoms with van der Waals surface area (Å²) >= 11 is 0. The number of anilines is 1. The second-order valence-corrected chi connectivity index (χ2v) is 7.21. The predicted molar refractivity (Wildman–Crippen MR) is 123 cm³/mol. The van der Waals surface area contributed by atoms with E-state index in [9.17, 15) is 0 Å². The van der Waals surface area contributed by atoms with Gasteiger partial charge in [0.05, 0.1) is 6.21 Å². The monoisotopic (exact) mass is 394 g/mol. The van der Waals surface area contributed by atoms with E-state index in [2.05, 4.69) is 60.7 Å².